The Balaban J connectivity index is 1.65. The molecule has 39 heavy (non-hydrogen) atoms. The number of aliphatic hydroxyl groups excluding tert-OH is 1. The lowest BCUT2D eigenvalue weighted by atomic mass is 9.88. The number of nitrogen functional groups attached to an aromatic ring is 1. The number of nitrogens with two attached hydrogens (primary N) is 1. The van der Waals surface area contributed by atoms with Crippen LogP contribution in [0.5, 0.6) is 5.88 Å². The minimum atomic E-state index is -4.77. The van der Waals surface area contributed by atoms with Crippen LogP contribution in [-0.2, 0) is 11.0 Å². The van der Waals surface area contributed by atoms with Crippen LogP contribution in [0, 0.1) is 5.41 Å². The van der Waals surface area contributed by atoms with Gasteiger partial charge < -0.3 is 25.8 Å². The molecule has 0 aromatic carbocycles. The standard InChI is InChI=1S/C24H27F4N7O4/c1-23(2,3)18(36)22(38)34-8-14(25)15(9-34)33-20(37)12-5-11(7-30-21(12)39-4)16-6-13(24(26,27)28)17-19(29)31-10-32-35(16)17/h5-7,10,14-15,18,36H,8-9H2,1-4H3,(H,33,37)(H2,29,31,32)/t14-,15+,18?/m0/s1. The highest BCUT2D eigenvalue weighted by Gasteiger charge is 2.41. The zero-order valence-corrected chi connectivity index (χ0v) is 21.5. The van der Waals surface area contributed by atoms with E-state index >= 15 is 0 Å². The number of nitrogens with one attached hydrogen (secondary N) is 1. The van der Waals surface area contributed by atoms with Crippen molar-refractivity contribution in [1.82, 2.24) is 29.8 Å². The number of rotatable bonds is 5. The second-order valence-electron chi connectivity index (χ2n) is 10.2. The van der Waals surface area contributed by atoms with Gasteiger partial charge in [-0.3, -0.25) is 9.59 Å². The summed E-state index contributed by atoms with van der Waals surface area (Å²) in [4.78, 5) is 34.6. The molecule has 210 valence electrons. The van der Waals surface area contributed by atoms with Crippen LogP contribution in [0.25, 0.3) is 16.8 Å². The number of aromatic nitrogens is 4. The Morgan fingerprint density at radius 1 is 1.21 bits per heavy atom. The average Bonchev–Trinajstić information content (AvgIpc) is 3.44. The Morgan fingerprint density at radius 2 is 1.90 bits per heavy atom. The molecule has 4 rings (SSSR count). The summed E-state index contributed by atoms with van der Waals surface area (Å²) in [5.74, 6) is -2.05. The summed E-state index contributed by atoms with van der Waals surface area (Å²) in [5, 5.41) is 16.7. The third-order valence-electron chi connectivity index (χ3n) is 6.40. The number of fused-ring (bicyclic) bond motifs is 1. The predicted molar refractivity (Wildman–Crippen MR) is 130 cm³/mol. The first kappa shape index (κ1) is 28.0. The van der Waals surface area contributed by atoms with E-state index in [1.807, 2.05) is 0 Å². The number of nitrogens with zero attached hydrogens (tertiary/aromatic N) is 5. The highest BCUT2D eigenvalue weighted by Crippen LogP contribution is 2.39. The Bertz CT molecular complexity index is 1420. The molecule has 11 nitrogen and oxygen atoms in total. The maximum absolute atomic E-state index is 14.8. The minimum Gasteiger partial charge on any atom is -0.480 e. The number of amides is 2. The number of aliphatic hydroxyl groups is 1. The molecule has 1 unspecified atom stereocenters. The van der Waals surface area contributed by atoms with Crippen LogP contribution in [0.15, 0.2) is 24.7 Å². The number of ether oxygens (including phenoxy) is 1. The summed E-state index contributed by atoms with van der Waals surface area (Å²) in [6.45, 7) is 4.47. The van der Waals surface area contributed by atoms with E-state index in [2.05, 4.69) is 20.4 Å². The van der Waals surface area contributed by atoms with Gasteiger partial charge in [0.1, 0.15) is 29.7 Å². The first-order chi connectivity index (χ1) is 18.1. The van der Waals surface area contributed by atoms with E-state index in [1.165, 1.54) is 19.4 Å². The fraction of sp³-hybridized carbons (Fsp3) is 0.458. The normalized spacial score (nSPS) is 18.8. The molecule has 3 aromatic rings. The Morgan fingerprint density at radius 3 is 2.51 bits per heavy atom. The van der Waals surface area contributed by atoms with Crippen LogP contribution in [0.3, 0.4) is 0 Å². The lowest BCUT2D eigenvalue weighted by Gasteiger charge is -2.28. The summed E-state index contributed by atoms with van der Waals surface area (Å²) in [5.41, 5.74) is 3.19. The van der Waals surface area contributed by atoms with Crippen molar-refractivity contribution in [3.63, 3.8) is 0 Å². The van der Waals surface area contributed by atoms with Crippen LogP contribution in [0.4, 0.5) is 23.4 Å². The third kappa shape index (κ3) is 5.30. The van der Waals surface area contributed by atoms with Crippen LogP contribution >= 0.6 is 0 Å². The van der Waals surface area contributed by atoms with E-state index in [1.54, 1.807) is 20.8 Å². The highest BCUT2D eigenvalue weighted by atomic mass is 19.4. The van der Waals surface area contributed by atoms with Gasteiger partial charge in [-0.15, -0.1) is 0 Å². The first-order valence-corrected chi connectivity index (χ1v) is 11.8. The van der Waals surface area contributed by atoms with Crippen LogP contribution in [0.1, 0.15) is 36.7 Å². The molecule has 4 heterocycles. The molecule has 3 atom stereocenters. The van der Waals surface area contributed by atoms with Crippen LogP contribution in [-0.4, -0.2) is 79.9 Å². The van der Waals surface area contributed by atoms with Gasteiger partial charge in [-0.25, -0.2) is 18.9 Å². The van der Waals surface area contributed by atoms with Crippen molar-refractivity contribution in [3.05, 3.63) is 35.8 Å². The number of halogens is 4. The number of alkyl halides is 4. The topological polar surface area (TPSA) is 148 Å². The van der Waals surface area contributed by atoms with E-state index in [0.717, 1.165) is 21.8 Å². The smallest absolute Gasteiger partial charge is 0.418 e. The van der Waals surface area contributed by atoms with Crippen molar-refractivity contribution >= 4 is 23.1 Å². The minimum absolute atomic E-state index is 0.0675. The van der Waals surface area contributed by atoms with Crippen LogP contribution in [0.2, 0.25) is 0 Å². The monoisotopic (exact) mass is 553 g/mol. The number of carbonyl (C=O) groups is 2. The van der Waals surface area contributed by atoms with Crippen molar-refractivity contribution in [3.8, 4) is 17.1 Å². The van der Waals surface area contributed by atoms with Crippen molar-refractivity contribution in [2.45, 2.75) is 45.3 Å². The molecule has 4 N–H and O–H groups in total. The predicted octanol–water partition coefficient (Wildman–Crippen LogP) is 2.09. The molecule has 1 aliphatic heterocycles. The van der Waals surface area contributed by atoms with Gasteiger partial charge in [0.2, 0.25) is 5.88 Å². The van der Waals surface area contributed by atoms with E-state index in [4.69, 9.17) is 10.5 Å². The Labute approximate surface area is 220 Å². The molecule has 2 amide bonds. The van der Waals surface area contributed by atoms with Gasteiger partial charge in [0.15, 0.2) is 5.82 Å². The quantitative estimate of drug-likeness (QED) is 0.407. The van der Waals surface area contributed by atoms with Crippen LogP contribution < -0.4 is 15.8 Å². The van der Waals surface area contributed by atoms with E-state index in [-0.39, 0.29) is 35.8 Å². The molecule has 1 fully saturated rings. The van der Waals surface area contributed by atoms with Crippen molar-refractivity contribution in [1.29, 1.82) is 0 Å². The summed E-state index contributed by atoms with van der Waals surface area (Å²) in [6.07, 6.45) is -5.59. The van der Waals surface area contributed by atoms with Crippen molar-refractivity contribution in [2.75, 3.05) is 25.9 Å². The largest absolute Gasteiger partial charge is 0.480 e. The molecule has 0 bridgehead atoms. The number of carbonyl (C=O) groups excluding carboxylic acids is 2. The second kappa shape index (κ2) is 9.94. The van der Waals surface area contributed by atoms with Gasteiger partial charge in [0.25, 0.3) is 11.8 Å². The number of likely N-dealkylation sites (tertiary alicyclic amines) is 1. The highest BCUT2D eigenvalue weighted by molar-refractivity contribution is 5.98. The zero-order valence-electron chi connectivity index (χ0n) is 21.5. The van der Waals surface area contributed by atoms with Gasteiger partial charge >= 0.3 is 6.18 Å². The summed E-state index contributed by atoms with van der Waals surface area (Å²) in [7, 11) is 1.24. The maximum atomic E-state index is 14.8. The molecule has 1 saturated heterocycles. The van der Waals surface area contributed by atoms with E-state index in [9.17, 15) is 32.3 Å². The van der Waals surface area contributed by atoms with E-state index < -0.39 is 58.6 Å². The Kier molecular flexibility index (Phi) is 7.14. The third-order valence-corrected chi connectivity index (χ3v) is 6.40. The Hall–Kier alpha value is -4.01. The molecule has 1 aliphatic rings. The fourth-order valence-corrected chi connectivity index (χ4v) is 4.28. The number of anilines is 1. The lowest BCUT2D eigenvalue weighted by Crippen LogP contribution is -2.46. The summed E-state index contributed by atoms with van der Waals surface area (Å²) in [6, 6.07) is 0.931. The summed E-state index contributed by atoms with van der Waals surface area (Å²) >= 11 is 0. The van der Waals surface area contributed by atoms with Gasteiger partial charge in [0, 0.05) is 18.3 Å². The van der Waals surface area contributed by atoms with E-state index in [0.29, 0.717) is 0 Å². The van der Waals surface area contributed by atoms with Crippen molar-refractivity contribution < 1.29 is 37.0 Å². The fourth-order valence-electron chi connectivity index (χ4n) is 4.28. The maximum Gasteiger partial charge on any atom is 0.418 e. The number of hydrogen-bond acceptors (Lipinski definition) is 8. The zero-order chi connectivity index (χ0) is 28.9. The van der Waals surface area contributed by atoms with Crippen molar-refractivity contribution in [2.24, 2.45) is 5.41 Å². The van der Waals surface area contributed by atoms with Gasteiger partial charge in [0.05, 0.1) is 31.0 Å². The molecule has 0 radical (unpaired) electrons. The molecular formula is C24H27F4N7O4. The second-order valence-corrected chi connectivity index (χ2v) is 10.2. The average molecular weight is 554 g/mol. The molecule has 0 spiro atoms. The van der Waals surface area contributed by atoms with Gasteiger partial charge in [-0.05, 0) is 17.5 Å². The molecular weight excluding hydrogens is 526 g/mol. The van der Waals surface area contributed by atoms with Gasteiger partial charge in [-0.1, -0.05) is 20.8 Å². The molecule has 0 aliphatic carbocycles. The first-order valence-electron chi connectivity index (χ1n) is 11.8. The van der Waals surface area contributed by atoms with Gasteiger partial charge in [-0.2, -0.15) is 18.3 Å². The SMILES string of the molecule is COc1ncc(-c2cc(C(F)(F)F)c3c(N)ncnn23)cc1C(=O)N[C@@H]1CN(C(=O)C(O)C(C)(C)C)C[C@@H]1F. The lowest BCUT2D eigenvalue weighted by molar-refractivity contribution is -0.144. The molecule has 15 heteroatoms. The molecule has 3 aromatic heterocycles. The number of methoxy groups -OCH3 is 1. The number of pyridine rings is 1. The number of hydrogen-bond donors (Lipinski definition) is 3. The summed E-state index contributed by atoms with van der Waals surface area (Å²) < 4.78 is 62.1. The molecule has 0 saturated carbocycles.